The minimum atomic E-state index is -0.172. The van der Waals surface area contributed by atoms with Crippen molar-refractivity contribution in [1.82, 2.24) is 14.8 Å². The number of nitrogens with one attached hydrogen (secondary N) is 1. The van der Waals surface area contributed by atoms with Crippen molar-refractivity contribution in [3.8, 4) is 0 Å². The van der Waals surface area contributed by atoms with Crippen molar-refractivity contribution in [1.29, 1.82) is 0 Å². The second kappa shape index (κ2) is 6.04. The van der Waals surface area contributed by atoms with Gasteiger partial charge in [-0.15, -0.1) is 5.10 Å². The summed E-state index contributed by atoms with van der Waals surface area (Å²) in [6, 6.07) is 0. The predicted octanol–water partition coefficient (Wildman–Crippen LogP) is 3.25. The van der Waals surface area contributed by atoms with E-state index in [-0.39, 0.29) is 16.4 Å². The van der Waals surface area contributed by atoms with E-state index < -0.39 is 0 Å². The molecule has 0 spiro atoms. The molecule has 0 amide bonds. The van der Waals surface area contributed by atoms with E-state index in [1.54, 1.807) is 4.57 Å². The summed E-state index contributed by atoms with van der Waals surface area (Å²) in [6.07, 6.45) is 8.24. The van der Waals surface area contributed by atoms with Gasteiger partial charge in [-0.2, -0.15) is 0 Å². The highest BCUT2D eigenvalue weighted by molar-refractivity contribution is 8.00. The first-order valence-electron chi connectivity index (χ1n) is 9.37. The molecule has 0 aliphatic heterocycles. The number of Topliss-reactive ketones (excluding diaryl/α,β-unsaturated/α-hetero) is 1. The summed E-state index contributed by atoms with van der Waals surface area (Å²) < 4.78 is 1.66. The summed E-state index contributed by atoms with van der Waals surface area (Å²) in [6.45, 7) is 4.69. The first kappa shape index (κ1) is 16.4. The van der Waals surface area contributed by atoms with E-state index >= 15 is 0 Å². The number of thioether (sulfide) groups is 1. The Labute approximate surface area is 147 Å². The molecule has 24 heavy (non-hydrogen) atoms. The van der Waals surface area contributed by atoms with Gasteiger partial charge in [-0.1, -0.05) is 18.7 Å². The van der Waals surface area contributed by atoms with Gasteiger partial charge in [-0.25, -0.2) is 9.89 Å². The molecule has 4 aliphatic carbocycles. The van der Waals surface area contributed by atoms with Crippen molar-refractivity contribution in [2.24, 2.45) is 23.2 Å². The molecule has 1 aromatic heterocycles. The van der Waals surface area contributed by atoms with Crippen LogP contribution in [0, 0.1) is 23.2 Å². The monoisotopic (exact) mass is 349 g/mol. The van der Waals surface area contributed by atoms with Gasteiger partial charge in [0, 0.05) is 12.0 Å². The highest BCUT2D eigenvalue weighted by Gasteiger charge is 2.55. The van der Waals surface area contributed by atoms with Crippen molar-refractivity contribution < 1.29 is 4.79 Å². The molecule has 5 nitrogen and oxygen atoms in total. The van der Waals surface area contributed by atoms with Crippen molar-refractivity contribution in [2.75, 3.05) is 0 Å². The van der Waals surface area contributed by atoms with Gasteiger partial charge in [-0.3, -0.25) is 9.36 Å². The maximum absolute atomic E-state index is 13.3. The molecule has 4 saturated carbocycles. The Bertz CT molecular complexity index is 657. The highest BCUT2D eigenvalue weighted by atomic mass is 32.2. The van der Waals surface area contributed by atoms with Gasteiger partial charge in [0.25, 0.3) is 0 Å². The summed E-state index contributed by atoms with van der Waals surface area (Å²) in [5, 5.41) is 7.19. The summed E-state index contributed by atoms with van der Waals surface area (Å²) in [5.74, 6) is 2.74. The van der Waals surface area contributed by atoms with Gasteiger partial charge in [0.05, 0.1) is 5.25 Å². The number of carbonyl (C=O) groups is 1. The van der Waals surface area contributed by atoms with E-state index in [0.717, 1.165) is 43.4 Å². The van der Waals surface area contributed by atoms with Crippen LogP contribution in [0.2, 0.25) is 0 Å². The van der Waals surface area contributed by atoms with Crippen LogP contribution < -0.4 is 5.69 Å². The highest BCUT2D eigenvalue weighted by Crippen LogP contribution is 2.61. The van der Waals surface area contributed by atoms with Crippen LogP contribution in [-0.4, -0.2) is 25.8 Å². The van der Waals surface area contributed by atoms with E-state index in [2.05, 4.69) is 10.2 Å². The Hall–Kier alpha value is -1.04. The number of rotatable bonds is 6. The van der Waals surface area contributed by atoms with Crippen LogP contribution >= 0.6 is 11.8 Å². The van der Waals surface area contributed by atoms with Gasteiger partial charge in [0.2, 0.25) is 0 Å². The third-order valence-corrected chi connectivity index (χ3v) is 7.47. The van der Waals surface area contributed by atoms with Crippen LogP contribution in [0.15, 0.2) is 9.95 Å². The van der Waals surface area contributed by atoms with E-state index in [1.807, 2.05) is 13.8 Å². The molecule has 5 rings (SSSR count). The molecule has 1 atom stereocenters. The largest absolute Gasteiger partial charge is 0.343 e. The smallest absolute Gasteiger partial charge is 0.298 e. The fourth-order valence-corrected chi connectivity index (χ4v) is 6.94. The number of hydrogen-bond donors (Lipinski definition) is 1. The Kier molecular flexibility index (Phi) is 4.14. The molecule has 4 fully saturated rings. The number of carbonyl (C=O) groups excluding carboxylic acids is 1. The summed E-state index contributed by atoms with van der Waals surface area (Å²) in [4.78, 5) is 25.2. The van der Waals surface area contributed by atoms with Crippen molar-refractivity contribution in [3.63, 3.8) is 0 Å². The van der Waals surface area contributed by atoms with E-state index in [0.29, 0.717) is 17.5 Å². The molecule has 0 aromatic carbocycles. The number of H-pyrrole nitrogens is 1. The van der Waals surface area contributed by atoms with Crippen LogP contribution in [0.4, 0.5) is 0 Å². The summed E-state index contributed by atoms with van der Waals surface area (Å²) in [7, 11) is 0. The minimum Gasteiger partial charge on any atom is -0.298 e. The third kappa shape index (κ3) is 2.67. The Morgan fingerprint density at radius 1 is 1.29 bits per heavy atom. The zero-order valence-corrected chi connectivity index (χ0v) is 15.4. The van der Waals surface area contributed by atoms with Gasteiger partial charge in [0.1, 0.15) is 0 Å². The maximum Gasteiger partial charge on any atom is 0.343 e. The lowest BCUT2D eigenvalue weighted by Gasteiger charge is -2.56. The summed E-state index contributed by atoms with van der Waals surface area (Å²) >= 11 is 1.46. The minimum absolute atomic E-state index is 0.0760. The molecular weight excluding hydrogens is 322 g/mol. The molecular formula is C18H27N3O2S. The molecule has 1 aromatic rings. The van der Waals surface area contributed by atoms with Crippen molar-refractivity contribution >= 4 is 17.5 Å². The second-order valence-electron chi connectivity index (χ2n) is 8.29. The number of hydrogen-bond acceptors (Lipinski definition) is 4. The fourth-order valence-electron chi connectivity index (χ4n) is 5.87. The molecule has 0 radical (unpaired) electrons. The molecule has 1 heterocycles. The Morgan fingerprint density at radius 2 is 1.88 bits per heavy atom. The second-order valence-corrected chi connectivity index (χ2v) is 9.59. The third-order valence-electron chi connectivity index (χ3n) is 6.38. The van der Waals surface area contributed by atoms with Gasteiger partial charge >= 0.3 is 5.69 Å². The van der Waals surface area contributed by atoms with E-state index in [1.165, 1.54) is 31.0 Å². The van der Waals surface area contributed by atoms with Crippen molar-refractivity contribution in [2.45, 2.75) is 75.7 Å². The SMILES string of the molecule is CCCn1c(S[C@H](C)C(=O)C23CC4CC(CC(C4)C2)C3)n[nH]c1=O. The standard InChI is InChI=1S/C18H27N3O2S/c1-3-4-21-16(23)19-20-17(21)24-11(2)15(22)18-8-12-5-13(9-18)7-14(6-12)10-18/h11-14H,3-10H2,1-2H3,(H,19,23)/t11-,12?,13?,14?,18?/m1/s1. The molecule has 132 valence electrons. The number of ketones is 1. The molecule has 4 aliphatic rings. The zero-order valence-electron chi connectivity index (χ0n) is 14.6. The Balaban J connectivity index is 1.52. The first-order valence-corrected chi connectivity index (χ1v) is 10.2. The number of aromatic amines is 1. The topological polar surface area (TPSA) is 67.8 Å². The lowest BCUT2D eigenvalue weighted by Crippen LogP contribution is -2.51. The Morgan fingerprint density at radius 3 is 2.42 bits per heavy atom. The molecule has 0 saturated heterocycles. The van der Waals surface area contributed by atoms with Gasteiger partial charge in [-0.05, 0) is 69.6 Å². The zero-order chi connectivity index (χ0) is 16.9. The number of nitrogens with zero attached hydrogens (tertiary/aromatic N) is 2. The molecule has 6 heteroatoms. The van der Waals surface area contributed by atoms with E-state index in [9.17, 15) is 9.59 Å². The van der Waals surface area contributed by atoms with Crippen LogP contribution in [0.25, 0.3) is 0 Å². The van der Waals surface area contributed by atoms with Crippen LogP contribution in [0.5, 0.6) is 0 Å². The number of aromatic nitrogens is 3. The fraction of sp³-hybridized carbons (Fsp3) is 0.833. The maximum atomic E-state index is 13.3. The van der Waals surface area contributed by atoms with Gasteiger partial charge < -0.3 is 0 Å². The van der Waals surface area contributed by atoms with Crippen LogP contribution in [0.1, 0.15) is 58.8 Å². The average Bonchev–Trinajstić information content (AvgIpc) is 2.86. The molecule has 4 bridgehead atoms. The van der Waals surface area contributed by atoms with Crippen molar-refractivity contribution in [3.05, 3.63) is 10.5 Å². The van der Waals surface area contributed by atoms with Gasteiger partial charge in [0.15, 0.2) is 10.9 Å². The van der Waals surface area contributed by atoms with Crippen LogP contribution in [-0.2, 0) is 11.3 Å². The first-order chi connectivity index (χ1) is 11.5. The van der Waals surface area contributed by atoms with Crippen LogP contribution in [0.3, 0.4) is 0 Å². The summed E-state index contributed by atoms with van der Waals surface area (Å²) in [5.41, 5.74) is -0.248. The molecule has 1 N–H and O–H groups in total. The lowest BCUT2D eigenvalue weighted by molar-refractivity contribution is -0.142. The molecule has 0 unspecified atom stereocenters. The quantitative estimate of drug-likeness (QED) is 0.801. The average molecular weight is 350 g/mol. The van der Waals surface area contributed by atoms with E-state index in [4.69, 9.17) is 0 Å². The lowest BCUT2D eigenvalue weighted by atomic mass is 9.48. The normalized spacial score (nSPS) is 35.3. The predicted molar refractivity (Wildman–Crippen MR) is 94.1 cm³/mol.